The van der Waals surface area contributed by atoms with Crippen molar-refractivity contribution in [3.05, 3.63) is 32.4 Å². The molecule has 1 amide bonds. The van der Waals surface area contributed by atoms with Gasteiger partial charge < -0.3 is 5.32 Å². The number of benzene rings is 1. The Hall–Kier alpha value is -0.340. The van der Waals surface area contributed by atoms with E-state index in [0.717, 1.165) is 9.83 Å². The lowest BCUT2D eigenvalue weighted by Gasteiger charge is -2.13. The average Bonchev–Trinajstić information content (AvgIpc) is 2.18. The molecule has 0 aliphatic carbocycles. The van der Waals surface area contributed by atoms with Crippen molar-refractivity contribution in [2.24, 2.45) is 0 Å². The number of hydrogen-bond donors (Lipinski definition) is 1. The molecule has 4 nitrogen and oxygen atoms in total. The number of nitrogens with one attached hydrogen (secondary N) is 1. The lowest BCUT2D eigenvalue weighted by atomic mass is 10.2. The third-order valence-corrected chi connectivity index (χ3v) is 4.79. The Bertz CT molecular complexity index is 559. The number of rotatable bonds is 4. The molecule has 0 heterocycles. The second kappa shape index (κ2) is 6.21. The van der Waals surface area contributed by atoms with Crippen LogP contribution in [-0.2, 0) is 9.84 Å². The van der Waals surface area contributed by atoms with Gasteiger partial charge in [0.05, 0.1) is 10.8 Å². The summed E-state index contributed by atoms with van der Waals surface area (Å²) >= 11 is 7.98. The van der Waals surface area contributed by atoms with Gasteiger partial charge in [-0.05, 0) is 47.7 Å². The van der Waals surface area contributed by atoms with Crippen LogP contribution in [0.5, 0.6) is 0 Å². The standard InChI is InChI=1S/C11H13ClINO3S/c1-7(6-18(2,16)17)14-11(15)8-3-4-10(13)9(12)5-8/h3-5,7H,6H2,1-2H3,(H,14,15). The molecule has 0 fully saturated rings. The lowest BCUT2D eigenvalue weighted by molar-refractivity contribution is 0.0943. The molecule has 0 aromatic heterocycles. The molecule has 0 radical (unpaired) electrons. The molecule has 0 spiro atoms. The van der Waals surface area contributed by atoms with Crippen LogP contribution in [-0.4, -0.2) is 32.4 Å². The van der Waals surface area contributed by atoms with E-state index in [1.54, 1.807) is 25.1 Å². The second-order valence-corrected chi connectivity index (χ2v) is 7.85. The molecular formula is C11H13ClINO3S. The smallest absolute Gasteiger partial charge is 0.251 e. The molecule has 0 aliphatic heterocycles. The minimum absolute atomic E-state index is 0.0865. The molecule has 0 aliphatic rings. The van der Waals surface area contributed by atoms with Gasteiger partial charge in [-0.2, -0.15) is 0 Å². The summed E-state index contributed by atoms with van der Waals surface area (Å²) in [4.78, 5) is 11.8. The van der Waals surface area contributed by atoms with Gasteiger partial charge in [-0.25, -0.2) is 8.42 Å². The van der Waals surface area contributed by atoms with Crippen LogP contribution >= 0.6 is 34.2 Å². The van der Waals surface area contributed by atoms with Crippen molar-refractivity contribution in [3.8, 4) is 0 Å². The van der Waals surface area contributed by atoms with E-state index in [-0.39, 0.29) is 11.7 Å². The van der Waals surface area contributed by atoms with Crippen molar-refractivity contribution >= 4 is 49.9 Å². The van der Waals surface area contributed by atoms with E-state index in [0.29, 0.717) is 10.6 Å². The zero-order valence-electron chi connectivity index (χ0n) is 9.91. The molecule has 7 heteroatoms. The normalized spacial score (nSPS) is 13.1. The maximum absolute atomic E-state index is 11.8. The highest BCUT2D eigenvalue weighted by Crippen LogP contribution is 2.19. The highest BCUT2D eigenvalue weighted by Gasteiger charge is 2.14. The van der Waals surface area contributed by atoms with E-state index < -0.39 is 15.9 Å². The fourth-order valence-electron chi connectivity index (χ4n) is 1.44. The van der Waals surface area contributed by atoms with Crippen LogP contribution in [0.1, 0.15) is 17.3 Å². The highest BCUT2D eigenvalue weighted by atomic mass is 127. The van der Waals surface area contributed by atoms with Crippen molar-refractivity contribution < 1.29 is 13.2 Å². The molecule has 0 saturated carbocycles. The largest absolute Gasteiger partial charge is 0.349 e. The van der Waals surface area contributed by atoms with E-state index in [2.05, 4.69) is 27.9 Å². The topological polar surface area (TPSA) is 63.2 Å². The molecule has 1 aromatic carbocycles. The van der Waals surface area contributed by atoms with Crippen molar-refractivity contribution in [2.75, 3.05) is 12.0 Å². The van der Waals surface area contributed by atoms with E-state index in [4.69, 9.17) is 11.6 Å². The number of sulfone groups is 1. The van der Waals surface area contributed by atoms with Crippen molar-refractivity contribution in [1.29, 1.82) is 0 Å². The molecule has 0 bridgehead atoms. The number of carbonyl (C=O) groups is 1. The maximum Gasteiger partial charge on any atom is 0.251 e. The molecule has 1 atom stereocenters. The summed E-state index contributed by atoms with van der Waals surface area (Å²) in [6.45, 7) is 1.65. The summed E-state index contributed by atoms with van der Waals surface area (Å²) in [5, 5.41) is 3.12. The first kappa shape index (κ1) is 15.7. The Morgan fingerprint density at radius 3 is 2.61 bits per heavy atom. The Morgan fingerprint density at radius 1 is 1.50 bits per heavy atom. The lowest BCUT2D eigenvalue weighted by Crippen LogP contribution is -2.37. The summed E-state index contributed by atoms with van der Waals surface area (Å²) in [5.74, 6) is -0.416. The van der Waals surface area contributed by atoms with Crippen LogP contribution in [0, 0.1) is 3.57 Å². The molecular weight excluding hydrogens is 389 g/mol. The first-order valence-corrected chi connectivity index (χ1v) is 8.64. The Labute approximate surface area is 125 Å². The molecule has 100 valence electrons. The van der Waals surface area contributed by atoms with Crippen LogP contribution < -0.4 is 5.32 Å². The van der Waals surface area contributed by atoms with Crippen LogP contribution in [0.2, 0.25) is 5.02 Å². The van der Waals surface area contributed by atoms with Crippen molar-refractivity contribution in [3.63, 3.8) is 0 Å². The summed E-state index contributed by atoms with van der Waals surface area (Å²) < 4.78 is 23.0. The van der Waals surface area contributed by atoms with Gasteiger partial charge in [0.25, 0.3) is 5.91 Å². The minimum Gasteiger partial charge on any atom is -0.349 e. The average molecular weight is 402 g/mol. The zero-order valence-corrected chi connectivity index (χ0v) is 13.6. The van der Waals surface area contributed by atoms with Crippen LogP contribution in [0.15, 0.2) is 18.2 Å². The molecule has 1 unspecified atom stereocenters. The van der Waals surface area contributed by atoms with Gasteiger partial charge in [0.1, 0.15) is 9.84 Å². The second-order valence-electron chi connectivity index (χ2n) is 4.10. The first-order valence-electron chi connectivity index (χ1n) is 5.12. The summed E-state index contributed by atoms with van der Waals surface area (Å²) in [5.41, 5.74) is 0.417. The number of carbonyl (C=O) groups excluding carboxylic acids is 1. The van der Waals surface area contributed by atoms with Gasteiger partial charge in [0.15, 0.2) is 0 Å². The molecule has 18 heavy (non-hydrogen) atoms. The molecule has 1 N–H and O–H groups in total. The number of hydrogen-bond acceptors (Lipinski definition) is 3. The third kappa shape index (κ3) is 5.11. The molecule has 1 rings (SSSR count). The van der Waals surface area contributed by atoms with Gasteiger partial charge in [0, 0.05) is 21.4 Å². The van der Waals surface area contributed by atoms with E-state index in [1.165, 1.54) is 0 Å². The van der Waals surface area contributed by atoms with Gasteiger partial charge in [-0.3, -0.25) is 4.79 Å². The summed E-state index contributed by atoms with van der Waals surface area (Å²) in [7, 11) is -3.11. The van der Waals surface area contributed by atoms with Crippen molar-refractivity contribution in [1.82, 2.24) is 5.32 Å². The van der Waals surface area contributed by atoms with Gasteiger partial charge in [0.2, 0.25) is 0 Å². The Balaban J connectivity index is 2.73. The summed E-state index contributed by atoms with van der Waals surface area (Å²) in [6.07, 6.45) is 1.14. The monoisotopic (exact) mass is 401 g/mol. The van der Waals surface area contributed by atoms with E-state index in [9.17, 15) is 13.2 Å². The number of halogens is 2. The SMILES string of the molecule is CC(CS(C)(=O)=O)NC(=O)c1ccc(I)c(Cl)c1. The quantitative estimate of drug-likeness (QED) is 0.786. The van der Waals surface area contributed by atoms with Gasteiger partial charge in [-0.15, -0.1) is 0 Å². The highest BCUT2D eigenvalue weighted by molar-refractivity contribution is 14.1. The minimum atomic E-state index is -3.11. The predicted molar refractivity (Wildman–Crippen MR) is 80.8 cm³/mol. The van der Waals surface area contributed by atoms with E-state index >= 15 is 0 Å². The predicted octanol–water partition coefficient (Wildman–Crippen LogP) is 2.11. The van der Waals surface area contributed by atoms with Gasteiger partial charge >= 0.3 is 0 Å². The Kier molecular flexibility index (Phi) is 5.42. The van der Waals surface area contributed by atoms with E-state index in [1.807, 2.05) is 0 Å². The number of amides is 1. The summed E-state index contributed by atoms with van der Waals surface area (Å²) in [6, 6.07) is 4.51. The molecule has 0 saturated heterocycles. The van der Waals surface area contributed by atoms with Gasteiger partial charge in [-0.1, -0.05) is 11.6 Å². The third-order valence-electron chi connectivity index (χ3n) is 2.11. The Morgan fingerprint density at radius 2 is 2.11 bits per heavy atom. The van der Waals surface area contributed by atoms with Crippen molar-refractivity contribution in [2.45, 2.75) is 13.0 Å². The maximum atomic E-state index is 11.8. The van der Waals surface area contributed by atoms with Crippen LogP contribution in [0.3, 0.4) is 0 Å². The molecule has 1 aromatic rings. The fourth-order valence-corrected chi connectivity index (χ4v) is 2.95. The fraction of sp³-hybridized carbons (Fsp3) is 0.364. The van der Waals surface area contributed by atoms with Crippen LogP contribution in [0.25, 0.3) is 0 Å². The van der Waals surface area contributed by atoms with Crippen LogP contribution in [0.4, 0.5) is 0 Å². The zero-order chi connectivity index (χ0) is 13.9. The first-order chi connectivity index (χ1) is 8.19.